The Morgan fingerprint density at radius 3 is 2.78 bits per heavy atom. The first-order valence-corrected chi connectivity index (χ1v) is 7.19. The van der Waals surface area contributed by atoms with E-state index in [1.807, 2.05) is 6.07 Å². The maximum Gasteiger partial charge on any atom is 0.126 e. The largest absolute Gasteiger partial charge is 0.383 e. The van der Waals surface area contributed by atoms with Crippen LogP contribution >= 0.6 is 11.8 Å². The molecular weight excluding hydrogens is 249 g/mol. The van der Waals surface area contributed by atoms with E-state index in [2.05, 4.69) is 11.9 Å². The molecule has 0 aliphatic rings. The van der Waals surface area contributed by atoms with Gasteiger partial charge in [0, 0.05) is 22.3 Å². The van der Waals surface area contributed by atoms with Crippen LogP contribution in [-0.2, 0) is 5.60 Å². The number of aliphatic hydroxyl groups is 1. The molecule has 0 aliphatic carbocycles. The quantitative estimate of drug-likeness (QED) is 0.888. The van der Waals surface area contributed by atoms with E-state index in [9.17, 15) is 9.50 Å². The summed E-state index contributed by atoms with van der Waals surface area (Å²) in [6, 6.07) is 5.11. The average Bonchev–Trinajstić information content (AvgIpc) is 2.71. The highest BCUT2D eigenvalue weighted by Gasteiger charge is 2.25. The molecule has 2 N–H and O–H groups in total. The molecule has 98 valence electrons. The molecule has 0 bridgehead atoms. The summed E-state index contributed by atoms with van der Waals surface area (Å²) in [6.45, 7) is 5.58. The van der Waals surface area contributed by atoms with Crippen molar-refractivity contribution in [2.75, 3.05) is 11.5 Å². The fraction of sp³-hybridized carbons (Fsp3) is 0.429. The summed E-state index contributed by atoms with van der Waals surface area (Å²) < 4.78 is 13.5. The highest BCUT2D eigenvalue weighted by Crippen LogP contribution is 2.28. The van der Waals surface area contributed by atoms with Crippen molar-refractivity contribution in [1.82, 2.24) is 4.98 Å². The molecule has 2 nitrogen and oxygen atoms in total. The number of hydrogen-bond donors (Lipinski definition) is 2. The minimum absolute atomic E-state index is 0.212. The van der Waals surface area contributed by atoms with Gasteiger partial charge in [-0.3, -0.25) is 0 Å². The van der Waals surface area contributed by atoms with Crippen molar-refractivity contribution in [3.8, 4) is 0 Å². The molecule has 0 spiro atoms. The third-order valence-electron chi connectivity index (χ3n) is 3.07. The van der Waals surface area contributed by atoms with Crippen LogP contribution in [0.5, 0.6) is 0 Å². The summed E-state index contributed by atoms with van der Waals surface area (Å²) in [5.41, 5.74) is 1.30. The predicted octanol–water partition coefficient (Wildman–Crippen LogP) is 3.58. The SMILES string of the molecule is CCSCC(C)(O)c1cc2cc(F)c(C)cc2[nH]1. The lowest BCUT2D eigenvalue weighted by Gasteiger charge is -2.21. The smallest absolute Gasteiger partial charge is 0.126 e. The fourth-order valence-electron chi connectivity index (χ4n) is 1.93. The maximum atomic E-state index is 13.5. The van der Waals surface area contributed by atoms with Gasteiger partial charge in [0.1, 0.15) is 11.4 Å². The number of aryl methyl sites for hydroxylation is 1. The average molecular weight is 267 g/mol. The number of fused-ring (bicyclic) bond motifs is 1. The molecule has 1 heterocycles. The zero-order chi connectivity index (χ0) is 13.3. The lowest BCUT2D eigenvalue weighted by molar-refractivity contribution is 0.0800. The van der Waals surface area contributed by atoms with Crippen molar-refractivity contribution in [2.45, 2.75) is 26.4 Å². The molecule has 0 saturated carbocycles. The van der Waals surface area contributed by atoms with Crippen LogP contribution in [0.25, 0.3) is 10.9 Å². The van der Waals surface area contributed by atoms with Crippen molar-refractivity contribution < 1.29 is 9.50 Å². The summed E-state index contributed by atoms with van der Waals surface area (Å²) in [4.78, 5) is 3.18. The molecule has 1 aromatic carbocycles. The number of H-pyrrole nitrogens is 1. The van der Waals surface area contributed by atoms with E-state index in [1.165, 1.54) is 6.07 Å². The van der Waals surface area contributed by atoms with Crippen LogP contribution in [0, 0.1) is 12.7 Å². The molecule has 2 rings (SSSR count). The lowest BCUT2D eigenvalue weighted by Crippen LogP contribution is -2.24. The van der Waals surface area contributed by atoms with E-state index in [0.717, 1.165) is 22.3 Å². The van der Waals surface area contributed by atoms with E-state index < -0.39 is 5.60 Å². The number of rotatable bonds is 4. The Labute approximate surface area is 111 Å². The highest BCUT2D eigenvalue weighted by molar-refractivity contribution is 7.99. The van der Waals surface area contributed by atoms with Gasteiger partial charge >= 0.3 is 0 Å². The molecule has 2 aromatic rings. The molecule has 0 amide bonds. The van der Waals surface area contributed by atoms with Gasteiger partial charge in [-0.2, -0.15) is 11.8 Å². The second-order valence-corrected chi connectivity index (χ2v) is 6.06. The van der Waals surface area contributed by atoms with Crippen molar-refractivity contribution in [1.29, 1.82) is 0 Å². The van der Waals surface area contributed by atoms with Gasteiger partial charge in [-0.15, -0.1) is 0 Å². The van der Waals surface area contributed by atoms with Crippen LogP contribution < -0.4 is 0 Å². The van der Waals surface area contributed by atoms with Gasteiger partial charge < -0.3 is 10.1 Å². The summed E-state index contributed by atoms with van der Waals surface area (Å²) in [5, 5.41) is 11.2. The van der Waals surface area contributed by atoms with Crippen molar-refractivity contribution >= 4 is 22.7 Å². The topological polar surface area (TPSA) is 36.0 Å². The molecule has 0 aliphatic heterocycles. The molecule has 1 unspecified atom stereocenters. The first-order chi connectivity index (χ1) is 8.44. The van der Waals surface area contributed by atoms with Gasteiger partial charge in [0.25, 0.3) is 0 Å². The predicted molar refractivity (Wildman–Crippen MR) is 75.6 cm³/mol. The van der Waals surface area contributed by atoms with Gasteiger partial charge in [-0.25, -0.2) is 4.39 Å². The number of halogens is 1. The minimum atomic E-state index is -0.913. The van der Waals surface area contributed by atoms with E-state index >= 15 is 0 Å². The Morgan fingerprint density at radius 1 is 1.39 bits per heavy atom. The fourth-order valence-corrected chi connectivity index (χ4v) is 2.69. The van der Waals surface area contributed by atoms with Crippen LogP contribution in [-0.4, -0.2) is 21.6 Å². The Hall–Kier alpha value is -1.00. The van der Waals surface area contributed by atoms with Crippen molar-refractivity contribution in [3.05, 3.63) is 35.3 Å². The van der Waals surface area contributed by atoms with Crippen LogP contribution in [0.15, 0.2) is 18.2 Å². The van der Waals surface area contributed by atoms with Crippen LogP contribution in [0.3, 0.4) is 0 Å². The second-order valence-electron chi connectivity index (χ2n) is 4.78. The normalized spacial score (nSPS) is 14.9. The summed E-state index contributed by atoms with van der Waals surface area (Å²) in [5.74, 6) is 1.37. The molecule has 1 aromatic heterocycles. The number of aromatic nitrogens is 1. The molecule has 1 atom stereocenters. The molecular formula is C14H18FNOS. The molecule has 4 heteroatoms. The van der Waals surface area contributed by atoms with Gasteiger partial charge in [0.15, 0.2) is 0 Å². The number of hydrogen-bond acceptors (Lipinski definition) is 2. The van der Waals surface area contributed by atoms with Gasteiger partial charge in [0.2, 0.25) is 0 Å². The monoisotopic (exact) mass is 267 g/mol. The molecule has 0 saturated heterocycles. The Morgan fingerprint density at radius 2 is 2.11 bits per heavy atom. The third-order valence-corrected chi connectivity index (χ3v) is 4.24. The van der Waals surface area contributed by atoms with Crippen LogP contribution in [0.4, 0.5) is 4.39 Å². The lowest BCUT2D eigenvalue weighted by atomic mass is 10.1. The Kier molecular flexibility index (Phi) is 3.69. The van der Waals surface area contributed by atoms with E-state index in [4.69, 9.17) is 0 Å². The maximum absolute atomic E-state index is 13.5. The van der Waals surface area contributed by atoms with Crippen LogP contribution in [0.2, 0.25) is 0 Å². The zero-order valence-corrected chi connectivity index (χ0v) is 11.7. The Bertz CT molecular complexity index is 523. The highest BCUT2D eigenvalue weighted by atomic mass is 32.2. The standard InChI is InChI=1S/C14H18FNOS/c1-4-18-8-14(3,17)13-7-10-6-11(15)9(2)5-12(10)16-13/h5-7,16-17H,4,8H2,1-3H3. The van der Waals surface area contributed by atoms with Crippen LogP contribution in [0.1, 0.15) is 25.1 Å². The van der Waals surface area contributed by atoms with E-state index in [0.29, 0.717) is 11.3 Å². The summed E-state index contributed by atoms with van der Waals surface area (Å²) >= 11 is 1.68. The van der Waals surface area contributed by atoms with E-state index in [-0.39, 0.29) is 5.82 Å². The summed E-state index contributed by atoms with van der Waals surface area (Å²) in [6.07, 6.45) is 0. The second kappa shape index (κ2) is 4.94. The molecule has 0 radical (unpaired) electrons. The Balaban J connectivity index is 2.40. The number of thioether (sulfide) groups is 1. The first kappa shape index (κ1) is 13.4. The third kappa shape index (κ3) is 2.54. The van der Waals surface area contributed by atoms with Crippen molar-refractivity contribution in [3.63, 3.8) is 0 Å². The van der Waals surface area contributed by atoms with Gasteiger partial charge in [-0.1, -0.05) is 6.92 Å². The number of benzene rings is 1. The zero-order valence-electron chi connectivity index (χ0n) is 10.9. The number of nitrogens with one attached hydrogen (secondary N) is 1. The number of aromatic amines is 1. The van der Waals surface area contributed by atoms with Crippen molar-refractivity contribution in [2.24, 2.45) is 0 Å². The molecule has 18 heavy (non-hydrogen) atoms. The summed E-state index contributed by atoms with van der Waals surface area (Å²) in [7, 11) is 0. The molecule has 0 fully saturated rings. The first-order valence-electron chi connectivity index (χ1n) is 6.03. The minimum Gasteiger partial charge on any atom is -0.383 e. The van der Waals surface area contributed by atoms with Gasteiger partial charge in [-0.05, 0) is 43.4 Å². The van der Waals surface area contributed by atoms with Gasteiger partial charge in [0.05, 0.1) is 0 Å². The van der Waals surface area contributed by atoms with E-state index in [1.54, 1.807) is 31.7 Å².